The Hall–Kier alpha value is -2.04. The number of hydrogen-bond acceptors (Lipinski definition) is 3. The Bertz CT molecular complexity index is 564. The van der Waals surface area contributed by atoms with Crippen LogP contribution in [-0.4, -0.2) is 30.6 Å². The van der Waals surface area contributed by atoms with Crippen LogP contribution in [0.3, 0.4) is 0 Å². The van der Waals surface area contributed by atoms with Crippen molar-refractivity contribution in [2.45, 2.75) is 56.8 Å². The van der Waals surface area contributed by atoms with Gasteiger partial charge in [-0.25, -0.2) is 0 Å². The first kappa shape index (κ1) is 18.3. The molecule has 2 N–H and O–H groups in total. The van der Waals surface area contributed by atoms with Crippen molar-refractivity contribution in [2.24, 2.45) is 0 Å². The monoisotopic (exact) mass is 333 g/mol. The Morgan fingerprint density at radius 2 is 1.92 bits per heavy atom. The SMILES string of the molecule is COc1cccc(C2(CNC(=O)CCCCC(=O)O)CCCC2)c1. The third-order valence-corrected chi connectivity index (χ3v) is 4.91. The number of hydrogen-bond donors (Lipinski definition) is 2. The summed E-state index contributed by atoms with van der Waals surface area (Å²) in [6, 6.07) is 8.13. The molecule has 0 saturated heterocycles. The maximum Gasteiger partial charge on any atom is 0.303 e. The van der Waals surface area contributed by atoms with Crippen LogP contribution in [0.1, 0.15) is 56.9 Å². The molecule has 0 bridgehead atoms. The lowest BCUT2D eigenvalue weighted by Crippen LogP contribution is -2.39. The number of rotatable bonds is 9. The summed E-state index contributed by atoms with van der Waals surface area (Å²) >= 11 is 0. The van der Waals surface area contributed by atoms with E-state index >= 15 is 0 Å². The van der Waals surface area contributed by atoms with Gasteiger partial charge in [-0.15, -0.1) is 0 Å². The van der Waals surface area contributed by atoms with Crippen LogP contribution in [0.2, 0.25) is 0 Å². The van der Waals surface area contributed by atoms with Crippen LogP contribution < -0.4 is 10.1 Å². The Kier molecular flexibility index (Phi) is 6.64. The van der Waals surface area contributed by atoms with Crippen molar-refractivity contribution in [1.29, 1.82) is 0 Å². The minimum Gasteiger partial charge on any atom is -0.497 e. The van der Waals surface area contributed by atoms with Gasteiger partial charge in [0.05, 0.1) is 7.11 Å². The summed E-state index contributed by atoms with van der Waals surface area (Å²) in [5.41, 5.74) is 1.22. The molecule has 0 aromatic heterocycles. The van der Waals surface area contributed by atoms with Gasteiger partial charge in [-0.2, -0.15) is 0 Å². The average Bonchev–Trinajstić information content (AvgIpc) is 3.07. The first-order valence-electron chi connectivity index (χ1n) is 8.69. The van der Waals surface area contributed by atoms with Gasteiger partial charge in [0.2, 0.25) is 5.91 Å². The maximum atomic E-state index is 12.1. The molecular weight excluding hydrogens is 306 g/mol. The number of ether oxygens (including phenoxy) is 1. The number of unbranched alkanes of at least 4 members (excludes halogenated alkanes) is 1. The third kappa shape index (κ3) is 4.98. The van der Waals surface area contributed by atoms with Crippen LogP contribution >= 0.6 is 0 Å². The molecule has 1 aromatic carbocycles. The van der Waals surface area contributed by atoms with Gasteiger partial charge >= 0.3 is 5.97 Å². The van der Waals surface area contributed by atoms with E-state index in [9.17, 15) is 9.59 Å². The van der Waals surface area contributed by atoms with Crippen molar-refractivity contribution in [3.05, 3.63) is 29.8 Å². The highest BCUT2D eigenvalue weighted by Crippen LogP contribution is 2.41. The van der Waals surface area contributed by atoms with Gasteiger partial charge in [-0.1, -0.05) is 25.0 Å². The third-order valence-electron chi connectivity index (χ3n) is 4.91. The van der Waals surface area contributed by atoms with E-state index < -0.39 is 5.97 Å². The predicted molar refractivity (Wildman–Crippen MR) is 92.3 cm³/mol. The number of nitrogens with one attached hydrogen (secondary N) is 1. The van der Waals surface area contributed by atoms with Crippen LogP contribution in [0, 0.1) is 0 Å². The smallest absolute Gasteiger partial charge is 0.303 e. The molecule has 132 valence electrons. The van der Waals surface area contributed by atoms with Gasteiger partial charge < -0.3 is 15.2 Å². The van der Waals surface area contributed by atoms with E-state index in [2.05, 4.69) is 17.4 Å². The molecule has 0 atom stereocenters. The van der Waals surface area contributed by atoms with Gasteiger partial charge in [0.25, 0.3) is 0 Å². The molecule has 1 aromatic rings. The molecule has 0 radical (unpaired) electrons. The summed E-state index contributed by atoms with van der Waals surface area (Å²) in [5, 5.41) is 11.7. The second kappa shape index (κ2) is 8.71. The number of benzene rings is 1. The highest BCUT2D eigenvalue weighted by atomic mass is 16.5. The van der Waals surface area contributed by atoms with Crippen molar-refractivity contribution in [2.75, 3.05) is 13.7 Å². The van der Waals surface area contributed by atoms with Crippen LogP contribution in [-0.2, 0) is 15.0 Å². The van der Waals surface area contributed by atoms with Crippen molar-refractivity contribution in [3.8, 4) is 5.75 Å². The summed E-state index contributed by atoms with van der Waals surface area (Å²) in [6.07, 6.45) is 6.16. The Morgan fingerprint density at radius 3 is 2.58 bits per heavy atom. The lowest BCUT2D eigenvalue weighted by Gasteiger charge is -2.30. The molecule has 2 rings (SSSR count). The molecule has 1 fully saturated rings. The van der Waals surface area contributed by atoms with E-state index in [1.807, 2.05) is 12.1 Å². The number of amides is 1. The molecule has 5 nitrogen and oxygen atoms in total. The topological polar surface area (TPSA) is 75.6 Å². The molecule has 5 heteroatoms. The van der Waals surface area contributed by atoms with E-state index in [-0.39, 0.29) is 17.7 Å². The highest BCUT2D eigenvalue weighted by Gasteiger charge is 2.36. The van der Waals surface area contributed by atoms with Crippen molar-refractivity contribution in [1.82, 2.24) is 5.32 Å². The summed E-state index contributed by atoms with van der Waals surface area (Å²) in [4.78, 5) is 22.5. The number of aliphatic carboxylic acids is 1. The highest BCUT2D eigenvalue weighted by molar-refractivity contribution is 5.76. The lowest BCUT2D eigenvalue weighted by atomic mass is 9.78. The van der Waals surface area contributed by atoms with Crippen LogP contribution in [0.4, 0.5) is 0 Å². The number of carbonyl (C=O) groups is 2. The van der Waals surface area contributed by atoms with Crippen LogP contribution in [0.25, 0.3) is 0 Å². The molecule has 1 saturated carbocycles. The van der Waals surface area contributed by atoms with Crippen molar-refractivity contribution in [3.63, 3.8) is 0 Å². The van der Waals surface area contributed by atoms with E-state index in [0.29, 0.717) is 25.8 Å². The van der Waals surface area contributed by atoms with E-state index in [1.165, 1.54) is 18.4 Å². The lowest BCUT2D eigenvalue weighted by molar-refractivity contribution is -0.137. The molecule has 1 aliphatic carbocycles. The van der Waals surface area contributed by atoms with E-state index in [0.717, 1.165) is 18.6 Å². The van der Waals surface area contributed by atoms with Crippen LogP contribution in [0.5, 0.6) is 5.75 Å². The second-order valence-electron chi connectivity index (χ2n) is 6.60. The standard InChI is InChI=1S/C19H27NO4/c1-24-16-8-6-7-15(13-16)19(11-4-5-12-19)14-20-17(21)9-2-3-10-18(22)23/h6-8,13H,2-5,9-12,14H2,1H3,(H,20,21)(H,22,23). The minimum atomic E-state index is -0.807. The zero-order chi connectivity index (χ0) is 17.4. The first-order valence-corrected chi connectivity index (χ1v) is 8.69. The number of carbonyl (C=O) groups excluding carboxylic acids is 1. The number of carboxylic acid groups (broad SMARTS) is 1. The summed E-state index contributed by atoms with van der Waals surface area (Å²) in [6.45, 7) is 0.637. The first-order chi connectivity index (χ1) is 11.6. The quantitative estimate of drug-likeness (QED) is 0.680. The molecule has 24 heavy (non-hydrogen) atoms. The van der Waals surface area contributed by atoms with Gasteiger partial charge in [-0.3, -0.25) is 9.59 Å². The second-order valence-corrected chi connectivity index (χ2v) is 6.60. The van der Waals surface area contributed by atoms with Crippen LogP contribution in [0.15, 0.2) is 24.3 Å². The van der Waals surface area contributed by atoms with Crippen molar-refractivity contribution >= 4 is 11.9 Å². The zero-order valence-electron chi connectivity index (χ0n) is 14.3. The summed E-state index contributed by atoms with van der Waals surface area (Å²) in [7, 11) is 1.67. The molecule has 0 aliphatic heterocycles. The fourth-order valence-corrected chi connectivity index (χ4v) is 3.49. The summed E-state index contributed by atoms with van der Waals surface area (Å²) < 4.78 is 5.33. The van der Waals surface area contributed by atoms with Gasteiger partial charge in [0.15, 0.2) is 0 Å². The molecule has 0 spiro atoms. The molecule has 0 unspecified atom stereocenters. The molecule has 1 amide bonds. The van der Waals surface area contributed by atoms with E-state index in [4.69, 9.17) is 9.84 Å². The van der Waals surface area contributed by atoms with E-state index in [1.54, 1.807) is 7.11 Å². The Labute approximate surface area is 143 Å². The zero-order valence-corrected chi connectivity index (χ0v) is 14.3. The Balaban J connectivity index is 1.91. The number of carboxylic acids is 1. The fourth-order valence-electron chi connectivity index (χ4n) is 3.49. The fraction of sp³-hybridized carbons (Fsp3) is 0.579. The van der Waals surface area contributed by atoms with Gasteiger partial charge in [0.1, 0.15) is 5.75 Å². The molecule has 1 aliphatic rings. The molecular formula is C19H27NO4. The summed E-state index contributed by atoms with van der Waals surface area (Å²) in [5.74, 6) is 0.0478. The van der Waals surface area contributed by atoms with Gasteiger partial charge in [0, 0.05) is 24.8 Å². The normalized spacial score (nSPS) is 15.9. The Morgan fingerprint density at radius 1 is 1.21 bits per heavy atom. The maximum absolute atomic E-state index is 12.1. The van der Waals surface area contributed by atoms with Gasteiger partial charge in [-0.05, 0) is 43.4 Å². The predicted octanol–water partition coefficient (Wildman–Crippen LogP) is 3.27. The van der Waals surface area contributed by atoms with Crippen molar-refractivity contribution < 1.29 is 19.4 Å². The molecule has 0 heterocycles. The largest absolute Gasteiger partial charge is 0.497 e. The number of methoxy groups -OCH3 is 1. The minimum absolute atomic E-state index is 0.00867. The average molecular weight is 333 g/mol.